The molecule has 0 saturated carbocycles. The second kappa shape index (κ2) is 8.49. The van der Waals surface area contributed by atoms with Crippen molar-refractivity contribution in [2.75, 3.05) is 12.5 Å². The lowest BCUT2D eigenvalue weighted by Gasteiger charge is -2.16. The minimum Gasteiger partial charge on any atom is -0.496 e. The normalized spacial score (nSPS) is 12.0. The van der Waals surface area contributed by atoms with Gasteiger partial charge >= 0.3 is 0 Å². The Bertz CT molecular complexity index is 1390. The Morgan fingerprint density at radius 2 is 1.84 bits per heavy atom. The van der Waals surface area contributed by atoms with Crippen LogP contribution in [0.3, 0.4) is 0 Å². The Labute approximate surface area is 188 Å². The van der Waals surface area contributed by atoms with Gasteiger partial charge in [0.15, 0.2) is 0 Å². The van der Waals surface area contributed by atoms with Crippen molar-refractivity contribution in [1.82, 2.24) is 9.66 Å². The zero-order chi connectivity index (χ0) is 22.1. The number of nitrogens with one attached hydrogen (secondary N) is 2. The molecule has 0 aliphatic carbocycles. The largest absolute Gasteiger partial charge is 0.496 e. The number of aryl methyl sites for hydroxylation is 1. The number of nitrogens with zero attached hydrogens (tertiary/aromatic N) is 1. The molecular weight excluding hydrogens is 430 g/mol. The highest BCUT2D eigenvalue weighted by atomic mass is 32.1. The predicted molar refractivity (Wildman–Crippen MR) is 127 cm³/mol. The van der Waals surface area contributed by atoms with Crippen LogP contribution in [0.25, 0.3) is 21.3 Å². The van der Waals surface area contributed by atoms with Crippen molar-refractivity contribution in [3.05, 3.63) is 80.2 Å². The van der Waals surface area contributed by atoms with Gasteiger partial charge in [-0.3, -0.25) is 15.0 Å². The van der Waals surface area contributed by atoms with Crippen LogP contribution in [0.4, 0.5) is 0 Å². The number of H-pyrrole nitrogens is 1. The zero-order valence-electron chi connectivity index (χ0n) is 17.3. The standard InChI is InChI=1S/C23H21N3O3S2/c1-13(16-11-7-8-12-17(16)29-3)20(27)25-26-22(28)19-18(15-9-5-4-6-10-15)14(2)31-21(19)24-23(26)30/h4-13H,1-3H3,(H,24,30)(H,25,27)/t13-/m0/s1. The first-order valence-corrected chi connectivity index (χ1v) is 10.9. The third-order valence-electron chi connectivity index (χ3n) is 5.21. The van der Waals surface area contributed by atoms with Crippen molar-refractivity contribution >= 4 is 39.7 Å². The highest BCUT2D eigenvalue weighted by Crippen LogP contribution is 2.35. The number of ether oxygens (including phenoxy) is 1. The summed E-state index contributed by atoms with van der Waals surface area (Å²) < 4.78 is 6.62. The van der Waals surface area contributed by atoms with Crippen molar-refractivity contribution in [3.8, 4) is 16.9 Å². The van der Waals surface area contributed by atoms with E-state index in [1.165, 1.54) is 11.3 Å². The number of hydrogen-bond acceptors (Lipinski definition) is 5. The average molecular weight is 452 g/mol. The van der Waals surface area contributed by atoms with Gasteiger partial charge in [0.25, 0.3) is 5.56 Å². The lowest BCUT2D eigenvalue weighted by molar-refractivity contribution is -0.118. The van der Waals surface area contributed by atoms with Gasteiger partial charge in [0, 0.05) is 16.0 Å². The summed E-state index contributed by atoms with van der Waals surface area (Å²) in [5, 5.41) is 0.507. The van der Waals surface area contributed by atoms with E-state index in [-0.39, 0.29) is 16.2 Å². The van der Waals surface area contributed by atoms with E-state index in [4.69, 9.17) is 17.0 Å². The van der Waals surface area contributed by atoms with Crippen LogP contribution < -0.4 is 15.7 Å². The number of aromatic nitrogens is 2. The van der Waals surface area contributed by atoms with Gasteiger partial charge in [0.1, 0.15) is 10.6 Å². The Morgan fingerprint density at radius 1 is 1.16 bits per heavy atom. The monoisotopic (exact) mass is 451 g/mol. The maximum Gasteiger partial charge on any atom is 0.282 e. The van der Waals surface area contributed by atoms with Crippen LogP contribution in [0.15, 0.2) is 59.4 Å². The number of thiophene rings is 1. The van der Waals surface area contributed by atoms with Gasteiger partial charge in [0.05, 0.1) is 18.4 Å². The molecule has 0 saturated heterocycles. The number of aromatic amines is 1. The van der Waals surface area contributed by atoms with Crippen LogP contribution in [0.5, 0.6) is 5.75 Å². The Hall–Kier alpha value is -3.23. The maximum absolute atomic E-state index is 13.4. The number of amides is 1. The quantitative estimate of drug-likeness (QED) is 0.420. The molecule has 8 heteroatoms. The molecule has 0 unspecified atom stereocenters. The number of carbonyl (C=O) groups excluding carboxylic acids is 1. The van der Waals surface area contributed by atoms with Crippen molar-refractivity contribution in [1.29, 1.82) is 0 Å². The Morgan fingerprint density at radius 3 is 2.55 bits per heavy atom. The van der Waals surface area contributed by atoms with Crippen LogP contribution in [-0.2, 0) is 4.79 Å². The molecule has 0 bridgehead atoms. The summed E-state index contributed by atoms with van der Waals surface area (Å²) in [6, 6.07) is 17.0. The molecule has 0 aliphatic rings. The number of methoxy groups -OCH3 is 1. The SMILES string of the molecule is COc1ccccc1[C@H](C)C(=O)Nn1c(=S)[nH]c2sc(C)c(-c3ccccc3)c2c1=O. The first kappa shape index (κ1) is 21.0. The Kier molecular flexibility index (Phi) is 5.75. The van der Waals surface area contributed by atoms with E-state index in [1.807, 2.05) is 55.5 Å². The molecule has 2 N–H and O–H groups in total. The van der Waals surface area contributed by atoms with Gasteiger partial charge in [-0.1, -0.05) is 48.5 Å². The molecule has 2 heterocycles. The third kappa shape index (κ3) is 3.80. The number of fused-ring (bicyclic) bond motifs is 1. The topological polar surface area (TPSA) is 76.1 Å². The molecule has 4 rings (SSSR count). The van der Waals surface area contributed by atoms with E-state index >= 15 is 0 Å². The number of hydrogen-bond donors (Lipinski definition) is 2. The first-order chi connectivity index (χ1) is 14.9. The fraction of sp³-hybridized carbons (Fsp3) is 0.174. The molecule has 0 spiro atoms. The van der Waals surface area contributed by atoms with Gasteiger partial charge in [0.2, 0.25) is 10.7 Å². The van der Waals surface area contributed by atoms with Crippen molar-refractivity contribution in [2.24, 2.45) is 0 Å². The summed E-state index contributed by atoms with van der Waals surface area (Å²) >= 11 is 6.85. The fourth-order valence-corrected chi connectivity index (χ4v) is 4.98. The van der Waals surface area contributed by atoms with E-state index in [0.29, 0.717) is 16.0 Å². The molecule has 0 radical (unpaired) electrons. The molecule has 1 atom stereocenters. The van der Waals surface area contributed by atoms with Gasteiger partial charge in [-0.25, -0.2) is 0 Å². The predicted octanol–water partition coefficient (Wildman–Crippen LogP) is 4.98. The van der Waals surface area contributed by atoms with Crippen LogP contribution in [0, 0.1) is 11.7 Å². The second-order valence-electron chi connectivity index (χ2n) is 7.11. The minimum atomic E-state index is -0.550. The lowest BCUT2D eigenvalue weighted by Crippen LogP contribution is -2.36. The molecule has 0 aliphatic heterocycles. The number of carbonyl (C=O) groups is 1. The van der Waals surface area contributed by atoms with Crippen molar-refractivity contribution in [2.45, 2.75) is 19.8 Å². The number of para-hydroxylation sites is 1. The van der Waals surface area contributed by atoms with Gasteiger partial charge in [-0.15, -0.1) is 11.3 Å². The van der Waals surface area contributed by atoms with E-state index in [1.54, 1.807) is 20.1 Å². The zero-order valence-corrected chi connectivity index (χ0v) is 18.9. The summed E-state index contributed by atoms with van der Waals surface area (Å²) in [6.45, 7) is 3.73. The molecule has 2 aromatic heterocycles. The fourth-order valence-electron chi connectivity index (χ4n) is 3.62. The van der Waals surface area contributed by atoms with Crippen LogP contribution in [0.2, 0.25) is 0 Å². The Balaban J connectivity index is 1.79. The molecular formula is C23H21N3O3S2. The van der Waals surface area contributed by atoms with E-state index in [0.717, 1.165) is 26.2 Å². The second-order valence-corrected chi connectivity index (χ2v) is 8.73. The summed E-state index contributed by atoms with van der Waals surface area (Å²) in [4.78, 5) is 31.2. The molecule has 1 amide bonds. The smallest absolute Gasteiger partial charge is 0.282 e. The molecule has 158 valence electrons. The molecule has 31 heavy (non-hydrogen) atoms. The van der Waals surface area contributed by atoms with E-state index in [9.17, 15) is 9.59 Å². The third-order valence-corrected chi connectivity index (χ3v) is 6.51. The number of benzene rings is 2. The summed E-state index contributed by atoms with van der Waals surface area (Å²) in [5.74, 6) is -0.303. The first-order valence-electron chi connectivity index (χ1n) is 9.70. The minimum absolute atomic E-state index is 0.138. The van der Waals surface area contributed by atoms with Gasteiger partial charge in [-0.2, -0.15) is 4.68 Å². The highest BCUT2D eigenvalue weighted by Gasteiger charge is 2.22. The van der Waals surface area contributed by atoms with Crippen LogP contribution in [0.1, 0.15) is 23.3 Å². The maximum atomic E-state index is 13.4. The molecule has 2 aromatic carbocycles. The van der Waals surface area contributed by atoms with Gasteiger partial charge < -0.3 is 9.72 Å². The molecule has 6 nitrogen and oxygen atoms in total. The average Bonchev–Trinajstić information content (AvgIpc) is 3.12. The lowest BCUT2D eigenvalue weighted by atomic mass is 9.99. The molecule has 0 fully saturated rings. The van der Waals surface area contributed by atoms with Crippen LogP contribution in [-0.4, -0.2) is 22.7 Å². The van der Waals surface area contributed by atoms with Gasteiger partial charge in [-0.05, 0) is 37.7 Å². The number of rotatable bonds is 5. The summed E-state index contributed by atoms with van der Waals surface area (Å²) in [7, 11) is 1.56. The van der Waals surface area contributed by atoms with Crippen molar-refractivity contribution in [3.63, 3.8) is 0 Å². The summed E-state index contributed by atoms with van der Waals surface area (Å²) in [6.07, 6.45) is 0. The summed E-state index contributed by atoms with van der Waals surface area (Å²) in [5.41, 5.74) is 4.84. The van der Waals surface area contributed by atoms with E-state index < -0.39 is 5.92 Å². The van der Waals surface area contributed by atoms with Crippen LogP contribution >= 0.6 is 23.6 Å². The van der Waals surface area contributed by atoms with E-state index in [2.05, 4.69) is 10.4 Å². The highest BCUT2D eigenvalue weighted by molar-refractivity contribution is 7.71. The van der Waals surface area contributed by atoms with Crippen molar-refractivity contribution < 1.29 is 9.53 Å². The molecule has 4 aromatic rings.